The van der Waals surface area contributed by atoms with Crippen molar-refractivity contribution in [3.8, 4) is 22.9 Å². The molecule has 4 aromatic rings. The van der Waals surface area contributed by atoms with Crippen molar-refractivity contribution in [1.29, 1.82) is 0 Å². The monoisotopic (exact) mass is 469 g/mol. The van der Waals surface area contributed by atoms with Gasteiger partial charge in [-0.25, -0.2) is 4.79 Å². The van der Waals surface area contributed by atoms with Crippen molar-refractivity contribution < 1.29 is 19.0 Å². The molecule has 5 rings (SSSR count). The van der Waals surface area contributed by atoms with Gasteiger partial charge in [0.1, 0.15) is 5.75 Å². The summed E-state index contributed by atoms with van der Waals surface area (Å²) in [6.07, 6.45) is 2.03. The number of methoxy groups -OCH3 is 3. The Morgan fingerprint density at radius 1 is 0.829 bits per heavy atom. The number of aromatic nitrogens is 1. The normalized spacial score (nSPS) is 14.4. The van der Waals surface area contributed by atoms with E-state index in [2.05, 4.69) is 22.0 Å². The number of fused-ring (bicyclic) bond motifs is 3. The van der Waals surface area contributed by atoms with Crippen LogP contribution in [-0.2, 0) is 6.54 Å². The minimum absolute atomic E-state index is 0.237. The highest BCUT2D eigenvalue weighted by atomic mass is 16.5. The van der Waals surface area contributed by atoms with Crippen molar-refractivity contribution in [1.82, 2.24) is 9.47 Å². The predicted molar refractivity (Wildman–Crippen MR) is 135 cm³/mol. The number of rotatable bonds is 5. The zero-order valence-corrected chi connectivity index (χ0v) is 19.9. The van der Waals surface area contributed by atoms with Crippen molar-refractivity contribution in [3.63, 3.8) is 0 Å². The van der Waals surface area contributed by atoms with Crippen molar-refractivity contribution >= 4 is 11.7 Å². The van der Waals surface area contributed by atoms with E-state index in [0.29, 0.717) is 29.5 Å². The van der Waals surface area contributed by atoms with Crippen LogP contribution in [0.15, 0.2) is 85.1 Å². The molecule has 0 unspecified atom stereocenters. The Balaban J connectivity index is 1.65. The SMILES string of the molecule is COc1ccccc1NC(=O)N1Cc2ccccc2-n2cccc2[C@@H]1c1ccc(OC)c(OC)c1. The van der Waals surface area contributed by atoms with E-state index in [9.17, 15) is 4.79 Å². The number of urea groups is 1. The van der Waals surface area contributed by atoms with Crippen LogP contribution in [0.4, 0.5) is 10.5 Å². The Labute approximate surface area is 204 Å². The van der Waals surface area contributed by atoms with E-state index >= 15 is 0 Å². The number of hydrogen-bond donors (Lipinski definition) is 1. The van der Waals surface area contributed by atoms with E-state index in [4.69, 9.17) is 14.2 Å². The lowest BCUT2D eigenvalue weighted by Crippen LogP contribution is -2.38. The number of ether oxygens (including phenoxy) is 3. The fourth-order valence-corrected chi connectivity index (χ4v) is 4.65. The average molecular weight is 470 g/mol. The van der Waals surface area contributed by atoms with E-state index in [1.165, 1.54) is 0 Å². The fourth-order valence-electron chi connectivity index (χ4n) is 4.65. The first kappa shape index (κ1) is 22.4. The number of hydrogen-bond acceptors (Lipinski definition) is 4. The first-order chi connectivity index (χ1) is 17.1. The molecule has 0 saturated heterocycles. The molecular formula is C28H27N3O4. The lowest BCUT2D eigenvalue weighted by Gasteiger charge is -2.31. The third-order valence-electron chi connectivity index (χ3n) is 6.30. The maximum atomic E-state index is 13.9. The second-order valence-corrected chi connectivity index (χ2v) is 8.21. The molecule has 1 aliphatic rings. The van der Waals surface area contributed by atoms with Gasteiger partial charge < -0.3 is 29.0 Å². The van der Waals surface area contributed by atoms with Crippen LogP contribution >= 0.6 is 0 Å². The van der Waals surface area contributed by atoms with E-state index in [1.54, 1.807) is 21.3 Å². The molecule has 178 valence electrons. The van der Waals surface area contributed by atoms with Crippen molar-refractivity contribution in [2.45, 2.75) is 12.6 Å². The third kappa shape index (κ3) is 4.05. The van der Waals surface area contributed by atoms with Crippen LogP contribution in [0.5, 0.6) is 17.2 Å². The molecule has 35 heavy (non-hydrogen) atoms. The summed E-state index contributed by atoms with van der Waals surface area (Å²) in [7, 11) is 4.81. The van der Waals surface area contributed by atoms with Gasteiger partial charge in [-0.05, 0) is 53.6 Å². The van der Waals surface area contributed by atoms with Crippen LogP contribution in [0.2, 0.25) is 0 Å². The summed E-state index contributed by atoms with van der Waals surface area (Å²) in [5.74, 6) is 1.84. The lowest BCUT2D eigenvalue weighted by molar-refractivity contribution is 0.194. The molecule has 2 heterocycles. The number of para-hydroxylation sites is 3. The zero-order chi connectivity index (χ0) is 24.4. The Morgan fingerprint density at radius 3 is 2.37 bits per heavy atom. The first-order valence-electron chi connectivity index (χ1n) is 11.3. The average Bonchev–Trinajstić information content (AvgIpc) is 3.32. The van der Waals surface area contributed by atoms with Gasteiger partial charge in [-0.3, -0.25) is 0 Å². The van der Waals surface area contributed by atoms with Crippen LogP contribution in [0.25, 0.3) is 5.69 Å². The van der Waals surface area contributed by atoms with Gasteiger partial charge >= 0.3 is 6.03 Å². The van der Waals surface area contributed by atoms with Gasteiger partial charge in [-0.1, -0.05) is 36.4 Å². The minimum atomic E-state index is -0.382. The summed E-state index contributed by atoms with van der Waals surface area (Å²) in [5, 5.41) is 3.06. The molecule has 2 amide bonds. The Hall–Kier alpha value is -4.39. The summed E-state index contributed by atoms with van der Waals surface area (Å²) < 4.78 is 18.6. The molecule has 0 fully saturated rings. The quantitative estimate of drug-likeness (QED) is 0.411. The molecule has 0 bridgehead atoms. The summed E-state index contributed by atoms with van der Waals surface area (Å²) in [6.45, 7) is 0.415. The smallest absolute Gasteiger partial charge is 0.323 e. The minimum Gasteiger partial charge on any atom is -0.495 e. The second kappa shape index (κ2) is 9.46. The molecule has 3 aromatic carbocycles. The molecule has 0 aliphatic carbocycles. The maximum absolute atomic E-state index is 13.9. The first-order valence-corrected chi connectivity index (χ1v) is 11.3. The van der Waals surface area contributed by atoms with Crippen molar-refractivity contribution in [2.24, 2.45) is 0 Å². The predicted octanol–water partition coefficient (Wildman–Crippen LogP) is 5.64. The van der Waals surface area contributed by atoms with Gasteiger partial charge in [-0.15, -0.1) is 0 Å². The highest BCUT2D eigenvalue weighted by Gasteiger charge is 2.33. The summed E-state index contributed by atoms with van der Waals surface area (Å²) in [4.78, 5) is 15.7. The highest BCUT2D eigenvalue weighted by Crippen LogP contribution is 2.40. The zero-order valence-electron chi connectivity index (χ0n) is 19.9. The largest absolute Gasteiger partial charge is 0.495 e. The molecule has 1 atom stereocenters. The van der Waals surface area contributed by atoms with Gasteiger partial charge in [0.15, 0.2) is 11.5 Å². The van der Waals surface area contributed by atoms with E-state index in [0.717, 1.165) is 22.5 Å². The second-order valence-electron chi connectivity index (χ2n) is 8.21. The highest BCUT2D eigenvalue weighted by molar-refractivity contribution is 5.91. The van der Waals surface area contributed by atoms with E-state index < -0.39 is 0 Å². The third-order valence-corrected chi connectivity index (χ3v) is 6.30. The summed E-state index contributed by atoms with van der Waals surface area (Å²) in [5.41, 5.74) is 4.58. The van der Waals surface area contributed by atoms with Crippen LogP contribution in [0.3, 0.4) is 0 Å². The van der Waals surface area contributed by atoms with Gasteiger partial charge in [0.05, 0.1) is 45.3 Å². The molecular weight excluding hydrogens is 442 g/mol. The molecule has 7 nitrogen and oxygen atoms in total. The number of nitrogens with one attached hydrogen (secondary N) is 1. The van der Waals surface area contributed by atoms with Crippen LogP contribution in [-0.4, -0.2) is 36.8 Å². The van der Waals surface area contributed by atoms with Crippen LogP contribution in [0, 0.1) is 0 Å². The Bertz CT molecular complexity index is 1360. The summed E-state index contributed by atoms with van der Waals surface area (Å²) >= 11 is 0. The van der Waals surface area contributed by atoms with Crippen molar-refractivity contribution in [3.05, 3.63) is 102 Å². The number of carbonyl (C=O) groups excluding carboxylic acids is 1. The molecule has 0 spiro atoms. The van der Waals surface area contributed by atoms with Gasteiger partial charge in [0.25, 0.3) is 0 Å². The van der Waals surface area contributed by atoms with E-state index in [1.807, 2.05) is 77.8 Å². The van der Waals surface area contributed by atoms with Gasteiger partial charge in [0.2, 0.25) is 0 Å². The Morgan fingerprint density at radius 2 is 1.57 bits per heavy atom. The molecule has 0 saturated carbocycles. The Kier molecular flexibility index (Phi) is 6.06. The standard InChI is InChI=1S/C28H27N3O4/c1-33-24-13-7-5-10-21(24)29-28(32)31-18-20-9-4-6-11-22(20)30-16-8-12-23(30)27(31)19-14-15-25(34-2)26(17-19)35-3/h4-17,27H,18H2,1-3H3,(H,29,32)/t27-/m0/s1. The number of carbonyl (C=O) groups is 1. The molecule has 1 aliphatic heterocycles. The molecule has 7 heteroatoms. The summed E-state index contributed by atoms with van der Waals surface area (Å²) in [6, 6.07) is 24.7. The van der Waals surface area contributed by atoms with Gasteiger partial charge in [-0.2, -0.15) is 0 Å². The number of amides is 2. The maximum Gasteiger partial charge on any atom is 0.323 e. The fraction of sp³-hybridized carbons (Fsp3) is 0.179. The number of anilines is 1. The van der Waals surface area contributed by atoms with Crippen molar-refractivity contribution in [2.75, 3.05) is 26.6 Å². The van der Waals surface area contributed by atoms with Crippen LogP contribution in [0.1, 0.15) is 22.9 Å². The molecule has 1 aromatic heterocycles. The van der Waals surface area contributed by atoms with Gasteiger partial charge in [0, 0.05) is 11.9 Å². The number of benzene rings is 3. The molecule has 0 radical (unpaired) electrons. The topological polar surface area (TPSA) is 65.0 Å². The lowest BCUT2D eigenvalue weighted by atomic mass is 10.0. The van der Waals surface area contributed by atoms with Crippen LogP contribution < -0.4 is 19.5 Å². The number of nitrogens with zero attached hydrogens (tertiary/aromatic N) is 2. The molecule has 1 N–H and O–H groups in total. The van der Waals surface area contributed by atoms with E-state index in [-0.39, 0.29) is 12.1 Å².